The minimum absolute atomic E-state index is 0.145. The molecule has 1 aromatic carbocycles. The van der Waals surface area contributed by atoms with E-state index in [1.165, 1.54) is 0 Å². The molecule has 29 heavy (non-hydrogen) atoms. The van der Waals surface area contributed by atoms with Crippen molar-refractivity contribution in [3.63, 3.8) is 0 Å². The van der Waals surface area contributed by atoms with Crippen molar-refractivity contribution in [1.29, 1.82) is 0 Å². The lowest BCUT2D eigenvalue weighted by molar-refractivity contribution is 0.0674. The predicted molar refractivity (Wildman–Crippen MR) is 110 cm³/mol. The average Bonchev–Trinajstić information content (AvgIpc) is 3.18. The summed E-state index contributed by atoms with van der Waals surface area (Å²) in [6.07, 6.45) is 3.50. The van der Waals surface area contributed by atoms with E-state index >= 15 is 0 Å². The second-order valence-electron chi connectivity index (χ2n) is 7.21. The fraction of sp³-hybridized carbons (Fsp3) is 0.381. The van der Waals surface area contributed by atoms with Crippen molar-refractivity contribution in [3.8, 4) is 0 Å². The predicted octanol–water partition coefficient (Wildman–Crippen LogP) is 3.16. The number of pyridine rings is 1. The fourth-order valence-electron chi connectivity index (χ4n) is 3.71. The van der Waals surface area contributed by atoms with E-state index in [0.717, 1.165) is 29.3 Å². The first kappa shape index (κ1) is 19.4. The Balaban J connectivity index is 1.53. The van der Waals surface area contributed by atoms with Crippen LogP contribution in [-0.2, 0) is 11.3 Å². The van der Waals surface area contributed by atoms with E-state index in [0.29, 0.717) is 24.7 Å². The Morgan fingerprint density at radius 2 is 2.07 bits per heavy atom. The molecule has 0 saturated carbocycles. The summed E-state index contributed by atoms with van der Waals surface area (Å²) in [5.41, 5.74) is 2.32. The standard InChI is InChI=1S/C21H25N5O3/c1-14(15-5-3-2-4-6-15)23-21(28)25-19-11-16-12-22-26(17-7-9-29-10-8-17)20(16)18(13-27)24-19/h2-6,11-12,14,17,27H,7-10,13H2,1H3,(H2,23,24,25,28)/t14-/m1/s1. The number of nitrogens with zero attached hydrogens (tertiary/aromatic N) is 3. The number of carbonyl (C=O) groups excluding carboxylic acids is 1. The number of aromatic nitrogens is 3. The van der Waals surface area contributed by atoms with Crippen LogP contribution in [0.2, 0.25) is 0 Å². The highest BCUT2D eigenvalue weighted by molar-refractivity contribution is 5.92. The number of amides is 2. The number of carbonyl (C=O) groups is 1. The Morgan fingerprint density at radius 1 is 1.31 bits per heavy atom. The van der Waals surface area contributed by atoms with Gasteiger partial charge in [-0.2, -0.15) is 5.10 Å². The van der Waals surface area contributed by atoms with Crippen LogP contribution in [0.3, 0.4) is 0 Å². The first-order valence-corrected chi connectivity index (χ1v) is 9.84. The van der Waals surface area contributed by atoms with Crippen molar-refractivity contribution >= 4 is 22.8 Å². The van der Waals surface area contributed by atoms with E-state index in [1.54, 1.807) is 12.3 Å². The van der Waals surface area contributed by atoms with Crippen LogP contribution in [0.4, 0.5) is 10.6 Å². The lowest BCUT2D eigenvalue weighted by Gasteiger charge is -2.23. The molecule has 4 rings (SSSR count). The summed E-state index contributed by atoms with van der Waals surface area (Å²) in [5, 5.41) is 20.9. The number of benzene rings is 1. The number of urea groups is 1. The van der Waals surface area contributed by atoms with Gasteiger partial charge in [0.05, 0.1) is 36.1 Å². The van der Waals surface area contributed by atoms with Crippen molar-refractivity contribution in [3.05, 3.63) is 53.9 Å². The average molecular weight is 395 g/mol. The van der Waals surface area contributed by atoms with E-state index in [2.05, 4.69) is 20.7 Å². The van der Waals surface area contributed by atoms with E-state index in [4.69, 9.17) is 4.74 Å². The molecule has 3 aromatic rings. The Kier molecular flexibility index (Phi) is 5.73. The number of aliphatic hydroxyl groups is 1. The molecule has 0 bridgehead atoms. The highest BCUT2D eigenvalue weighted by Crippen LogP contribution is 2.28. The number of fused-ring (bicyclic) bond motifs is 1. The minimum Gasteiger partial charge on any atom is -0.390 e. The normalized spacial score (nSPS) is 15.9. The topological polar surface area (TPSA) is 101 Å². The van der Waals surface area contributed by atoms with Gasteiger partial charge in [-0.05, 0) is 31.4 Å². The smallest absolute Gasteiger partial charge is 0.320 e. The monoisotopic (exact) mass is 395 g/mol. The SMILES string of the molecule is C[C@@H](NC(=O)Nc1cc2cnn(C3CCOCC3)c2c(CO)n1)c1ccccc1. The summed E-state index contributed by atoms with van der Waals surface area (Å²) < 4.78 is 7.36. The van der Waals surface area contributed by atoms with Gasteiger partial charge in [0, 0.05) is 18.6 Å². The molecule has 1 atom stereocenters. The molecule has 0 unspecified atom stereocenters. The summed E-state index contributed by atoms with van der Waals surface area (Å²) in [4.78, 5) is 16.9. The number of nitrogens with one attached hydrogen (secondary N) is 2. The van der Waals surface area contributed by atoms with E-state index < -0.39 is 0 Å². The third kappa shape index (κ3) is 4.23. The molecule has 8 nitrogen and oxygen atoms in total. The molecule has 0 spiro atoms. The molecule has 3 N–H and O–H groups in total. The molecule has 0 aliphatic carbocycles. The van der Waals surface area contributed by atoms with Gasteiger partial charge in [-0.3, -0.25) is 10.00 Å². The van der Waals surface area contributed by atoms with E-state index in [1.807, 2.05) is 41.9 Å². The first-order chi connectivity index (χ1) is 14.2. The summed E-state index contributed by atoms with van der Waals surface area (Å²) in [6, 6.07) is 11.2. The van der Waals surface area contributed by atoms with Crippen LogP contribution in [0.1, 0.15) is 43.1 Å². The summed E-state index contributed by atoms with van der Waals surface area (Å²) in [6.45, 7) is 3.09. The Hall–Kier alpha value is -2.97. The number of hydrogen-bond donors (Lipinski definition) is 3. The lowest BCUT2D eigenvalue weighted by Crippen LogP contribution is -2.31. The Bertz CT molecular complexity index is 983. The van der Waals surface area contributed by atoms with Gasteiger partial charge in [-0.25, -0.2) is 9.78 Å². The largest absolute Gasteiger partial charge is 0.390 e. The quantitative estimate of drug-likeness (QED) is 0.616. The van der Waals surface area contributed by atoms with Gasteiger partial charge in [0.2, 0.25) is 0 Å². The molecule has 8 heteroatoms. The molecule has 1 saturated heterocycles. The minimum atomic E-state index is -0.353. The van der Waals surface area contributed by atoms with Crippen molar-refractivity contribution in [2.75, 3.05) is 18.5 Å². The number of anilines is 1. The van der Waals surface area contributed by atoms with Gasteiger partial charge in [0.1, 0.15) is 5.82 Å². The molecule has 152 valence electrons. The van der Waals surface area contributed by atoms with Gasteiger partial charge in [0.25, 0.3) is 0 Å². The molecular weight excluding hydrogens is 370 g/mol. The first-order valence-electron chi connectivity index (χ1n) is 9.84. The number of rotatable bonds is 5. The van der Waals surface area contributed by atoms with Crippen LogP contribution in [0, 0.1) is 0 Å². The molecule has 3 heterocycles. The van der Waals surface area contributed by atoms with Crippen molar-refractivity contribution in [1.82, 2.24) is 20.1 Å². The highest BCUT2D eigenvalue weighted by Gasteiger charge is 2.21. The second-order valence-corrected chi connectivity index (χ2v) is 7.21. The fourth-order valence-corrected chi connectivity index (χ4v) is 3.71. The van der Waals surface area contributed by atoms with Crippen molar-refractivity contribution in [2.24, 2.45) is 0 Å². The Morgan fingerprint density at radius 3 is 2.79 bits per heavy atom. The number of aliphatic hydroxyl groups excluding tert-OH is 1. The van der Waals surface area contributed by atoms with Gasteiger partial charge in [0.15, 0.2) is 0 Å². The van der Waals surface area contributed by atoms with Gasteiger partial charge in [-0.15, -0.1) is 0 Å². The molecule has 1 aliphatic rings. The van der Waals surface area contributed by atoms with E-state index in [-0.39, 0.29) is 24.7 Å². The summed E-state index contributed by atoms with van der Waals surface area (Å²) in [7, 11) is 0. The number of hydrogen-bond acceptors (Lipinski definition) is 5. The molecule has 1 fully saturated rings. The van der Waals surface area contributed by atoms with Crippen LogP contribution in [-0.4, -0.2) is 39.1 Å². The van der Waals surface area contributed by atoms with Crippen molar-refractivity contribution < 1.29 is 14.6 Å². The third-order valence-electron chi connectivity index (χ3n) is 5.22. The Labute approximate surface area is 168 Å². The molecule has 1 aliphatic heterocycles. The summed E-state index contributed by atoms with van der Waals surface area (Å²) in [5.74, 6) is 0.380. The van der Waals surface area contributed by atoms with Crippen LogP contribution in [0.15, 0.2) is 42.6 Å². The molecular formula is C21H25N5O3. The second kappa shape index (κ2) is 8.59. The van der Waals surface area contributed by atoms with Gasteiger partial charge < -0.3 is 15.2 Å². The maximum atomic E-state index is 12.4. The zero-order valence-corrected chi connectivity index (χ0v) is 16.3. The zero-order chi connectivity index (χ0) is 20.2. The lowest BCUT2D eigenvalue weighted by atomic mass is 10.1. The maximum Gasteiger partial charge on any atom is 0.320 e. The van der Waals surface area contributed by atoms with Gasteiger partial charge >= 0.3 is 6.03 Å². The number of ether oxygens (including phenoxy) is 1. The maximum absolute atomic E-state index is 12.4. The zero-order valence-electron chi connectivity index (χ0n) is 16.3. The van der Waals surface area contributed by atoms with Gasteiger partial charge in [-0.1, -0.05) is 30.3 Å². The van der Waals surface area contributed by atoms with Crippen LogP contribution in [0.5, 0.6) is 0 Å². The molecule has 2 aromatic heterocycles. The molecule has 2 amide bonds. The van der Waals surface area contributed by atoms with Crippen LogP contribution in [0.25, 0.3) is 10.9 Å². The highest BCUT2D eigenvalue weighted by atomic mass is 16.5. The van der Waals surface area contributed by atoms with E-state index in [9.17, 15) is 9.90 Å². The van der Waals surface area contributed by atoms with Crippen LogP contribution >= 0.6 is 0 Å². The van der Waals surface area contributed by atoms with Crippen LogP contribution < -0.4 is 10.6 Å². The third-order valence-corrected chi connectivity index (χ3v) is 5.22. The summed E-state index contributed by atoms with van der Waals surface area (Å²) >= 11 is 0. The molecule has 0 radical (unpaired) electrons. The van der Waals surface area contributed by atoms with Crippen molar-refractivity contribution in [2.45, 2.75) is 38.5 Å².